The van der Waals surface area contributed by atoms with Crippen LogP contribution in [0.25, 0.3) is 0 Å². The van der Waals surface area contributed by atoms with Gasteiger partial charge in [-0.05, 0) is 28.1 Å². The van der Waals surface area contributed by atoms with Crippen LogP contribution in [-0.2, 0) is 0 Å². The van der Waals surface area contributed by atoms with Gasteiger partial charge in [-0.25, -0.2) is 9.59 Å². The summed E-state index contributed by atoms with van der Waals surface area (Å²) in [7, 11) is 1.50. The predicted octanol–water partition coefficient (Wildman–Crippen LogP) is 1.60. The second kappa shape index (κ2) is 6.36. The van der Waals surface area contributed by atoms with Crippen LogP contribution in [0.3, 0.4) is 0 Å². The highest BCUT2D eigenvalue weighted by atomic mass is 79.9. The summed E-state index contributed by atoms with van der Waals surface area (Å²) in [4.78, 5) is 24.0. The van der Waals surface area contributed by atoms with E-state index in [0.29, 0.717) is 4.47 Å². The zero-order chi connectivity index (χ0) is 13.7. The maximum Gasteiger partial charge on any atom is 0.337 e. The molecule has 0 radical (unpaired) electrons. The number of carboxylic acid groups (broad SMARTS) is 1. The van der Waals surface area contributed by atoms with Crippen LogP contribution < -0.4 is 5.32 Å². The van der Waals surface area contributed by atoms with Crippen molar-refractivity contribution in [1.29, 1.82) is 0 Å². The lowest BCUT2D eigenvalue weighted by Crippen LogP contribution is -2.34. The monoisotopic (exact) mass is 316 g/mol. The van der Waals surface area contributed by atoms with Gasteiger partial charge in [-0.15, -0.1) is 0 Å². The normalized spacial score (nSPS) is 9.94. The van der Waals surface area contributed by atoms with E-state index in [1.54, 1.807) is 12.1 Å². The first-order valence-electron chi connectivity index (χ1n) is 5.12. The highest BCUT2D eigenvalue weighted by Crippen LogP contribution is 2.26. The number of nitrogens with zero attached hydrogens (tertiary/aromatic N) is 1. The average Bonchev–Trinajstić information content (AvgIpc) is 2.31. The number of aliphatic hydroxyl groups excluding tert-OH is 1. The summed E-state index contributed by atoms with van der Waals surface area (Å²) < 4.78 is 0.480. The molecule has 0 saturated carbocycles. The number of anilines is 1. The molecule has 0 aliphatic rings. The fraction of sp³-hybridized carbons (Fsp3) is 0.273. The summed E-state index contributed by atoms with van der Waals surface area (Å²) in [6.07, 6.45) is 0. The molecular weight excluding hydrogens is 304 g/mol. The zero-order valence-electron chi connectivity index (χ0n) is 9.68. The molecular formula is C11H13BrN2O4. The van der Waals surface area contributed by atoms with E-state index < -0.39 is 12.0 Å². The van der Waals surface area contributed by atoms with Gasteiger partial charge in [-0.3, -0.25) is 0 Å². The Morgan fingerprint density at radius 1 is 1.44 bits per heavy atom. The Morgan fingerprint density at radius 2 is 2.11 bits per heavy atom. The average molecular weight is 317 g/mol. The molecule has 0 unspecified atom stereocenters. The van der Waals surface area contributed by atoms with E-state index in [1.807, 2.05) is 0 Å². The van der Waals surface area contributed by atoms with Crippen molar-refractivity contribution in [2.24, 2.45) is 0 Å². The van der Waals surface area contributed by atoms with E-state index in [4.69, 9.17) is 10.2 Å². The van der Waals surface area contributed by atoms with Crippen LogP contribution in [0.5, 0.6) is 0 Å². The maximum absolute atomic E-state index is 11.7. The van der Waals surface area contributed by atoms with Crippen LogP contribution in [0.15, 0.2) is 22.7 Å². The first-order valence-corrected chi connectivity index (χ1v) is 5.91. The predicted molar refractivity (Wildman–Crippen MR) is 69.8 cm³/mol. The molecule has 1 aromatic carbocycles. The van der Waals surface area contributed by atoms with Crippen LogP contribution in [-0.4, -0.2) is 47.3 Å². The first kappa shape index (κ1) is 14.5. The molecule has 98 valence electrons. The van der Waals surface area contributed by atoms with Crippen LogP contribution in [0.1, 0.15) is 10.4 Å². The number of hydrogen-bond acceptors (Lipinski definition) is 3. The summed E-state index contributed by atoms with van der Waals surface area (Å²) in [5, 5.41) is 20.2. The number of carbonyl (C=O) groups excluding carboxylic acids is 1. The fourth-order valence-corrected chi connectivity index (χ4v) is 1.75. The molecule has 6 nitrogen and oxygen atoms in total. The SMILES string of the molecule is CN(CCO)C(=O)Nc1c(Br)cccc1C(=O)O. The molecule has 0 atom stereocenters. The summed E-state index contributed by atoms with van der Waals surface area (Å²) in [5.74, 6) is -1.13. The number of hydrogen-bond donors (Lipinski definition) is 3. The molecule has 0 aliphatic heterocycles. The van der Waals surface area contributed by atoms with Gasteiger partial charge in [-0.1, -0.05) is 6.07 Å². The molecule has 0 fully saturated rings. The lowest BCUT2D eigenvalue weighted by Gasteiger charge is -2.18. The third-order valence-electron chi connectivity index (χ3n) is 2.26. The zero-order valence-corrected chi connectivity index (χ0v) is 11.3. The summed E-state index contributed by atoms with van der Waals surface area (Å²) in [5.41, 5.74) is 0.190. The summed E-state index contributed by atoms with van der Waals surface area (Å²) in [6, 6.07) is 4.11. The number of aliphatic hydroxyl groups is 1. The Kier molecular flexibility index (Phi) is 5.11. The number of halogens is 1. The van der Waals surface area contributed by atoms with Gasteiger partial charge in [0, 0.05) is 18.1 Å². The second-order valence-electron chi connectivity index (χ2n) is 3.54. The number of aromatic carboxylic acids is 1. The molecule has 1 rings (SSSR count). The van der Waals surface area contributed by atoms with Crippen molar-refractivity contribution in [2.45, 2.75) is 0 Å². The quantitative estimate of drug-likeness (QED) is 0.787. The van der Waals surface area contributed by atoms with Gasteiger partial charge >= 0.3 is 12.0 Å². The van der Waals surface area contributed by atoms with Gasteiger partial charge in [0.15, 0.2) is 0 Å². The molecule has 0 aromatic heterocycles. The summed E-state index contributed by atoms with van der Waals surface area (Å²) in [6.45, 7) is 0.00432. The smallest absolute Gasteiger partial charge is 0.337 e. The van der Waals surface area contributed by atoms with Gasteiger partial charge in [-0.2, -0.15) is 0 Å². The third kappa shape index (κ3) is 3.44. The van der Waals surface area contributed by atoms with Crippen molar-refractivity contribution >= 4 is 33.6 Å². The third-order valence-corrected chi connectivity index (χ3v) is 2.92. The molecule has 0 aliphatic carbocycles. The van der Waals surface area contributed by atoms with Crippen LogP contribution in [0, 0.1) is 0 Å². The number of carboxylic acids is 1. The number of urea groups is 1. The number of carbonyl (C=O) groups is 2. The lowest BCUT2D eigenvalue weighted by atomic mass is 10.2. The molecule has 0 saturated heterocycles. The molecule has 0 bridgehead atoms. The lowest BCUT2D eigenvalue weighted by molar-refractivity contribution is 0.0698. The molecule has 1 aromatic rings. The van der Waals surface area contributed by atoms with Crippen molar-refractivity contribution < 1.29 is 19.8 Å². The Balaban J connectivity index is 2.96. The molecule has 0 heterocycles. The van der Waals surface area contributed by atoms with E-state index in [9.17, 15) is 9.59 Å². The van der Waals surface area contributed by atoms with Crippen LogP contribution in [0.2, 0.25) is 0 Å². The van der Waals surface area contributed by atoms with Crippen molar-refractivity contribution in [3.05, 3.63) is 28.2 Å². The van der Waals surface area contributed by atoms with Crippen molar-refractivity contribution in [3.8, 4) is 0 Å². The Labute approximate surface area is 112 Å². The van der Waals surface area contributed by atoms with Crippen molar-refractivity contribution in [2.75, 3.05) is 25.5 Å². The Bertz CT molecular complexity index is 464. The largest absolute Gasteiger partial charge is 0.478 e. The first-order chi connectivity index (χ1) is 8.47. The van der Waals surface area contributed by atoms with E-state index in [2.05, 4.69) is 21.2 Å². The Morgan fingerprint density at radius 3 is 2.67 bits per heavy atom. The van der Waals surface area contributed by atoms with E-state index in [-0.39, 0.29) is 24.4 Å². The standard InChI is InChI=1S/C11H13BrN2O4/c1-14(5-6-15)11(18)13-9-7(10(16)17)3-2-4-8(9)12/h2-4,15H,5-6H2,1H3,(H,13,18)(H,16,17). The van der Waals surface area contributed by atoms with E-state index in [0.717, 1.165) is 0 Å². The number of likely N-dealkylation sites (N-methyl/N-ethyl adjacent to an activating group) is 1. The number of para-hydroxylation sites is 1. The van der Waals surface area contributed by atoms with Gasteiger partial charge in [0.25, 0.3) is 0 Å². The van der Waals surface area contributed by atoms with Gasteiger partial charge in [0.1, 0.15) is 0 Å². The summed E-state index contributed by atoms with van der Waals surface area (Å²) >= 11 is 3.19. The number of benzene rings is 1. The molecule has 0 spiro atoms. The van der Waals surface area contributed by atoms with E-state index >= 15 is 0 Å². The number of nitrogens with one attached hydrogen (secondary N) is 1. The van der Waals surface area contributed by atoms with Gasteiger partial charge < -0.3 is 20.4 Å². The van der Waals surface area contributed by atoms with Gasteiger partial charge in [0.2, 0.25) is 0 Å². The minimum absolute atomic E-state index is 0.00452. The highest BCUT2D eigenvalue weighted by Gasteiger charge is 2.16. The van der Waals surface area contributed by atoms with Gasteiger partial charge in [0.05, 0.1) is 17.9 Å². The number of rotatable bonds is 4. The molecule has 3 N–H and O–H groups in total. The van der Waals surface area contributed by atoms with Crippen molar-refractivity contribution in [1.82, 2.24) is 4.90 Å². The molecule has 18 heavy (non-hydrogen) atoms. The molecule has 7 heteroatoms. The van der Waals surface area contributed by atoms with E-state index in [1.165, 1.54) is 18.0 Å². The Hall–Kier alpha value is -1.60. The highest BCUT2D eigenvalue weighted by molar-refractivity contribution is 9.10. The molecule has 2 amide bonds. The van der Waals surface area contributed by atoms with Crippen molar-refractivity contribution in [3.63, 3.8) is 0 Å². The number of amides is 2. The minimum atomic E-state index is -1.13. The topological polar surface area (TPSA) is 89.9 Å². The fourth-order valence-electron chi connectivity index (χ4n) is 1.28. The van der Waals surface area contributed by atoms with Crippen LogP contribution >= 0.6 is 15.9 Å². The maximum atomic E-state index is 11.7. The minimum Gasteiger partial charge on any atom is -0.478 e. The second-order valence-corrected chi connectivity index (χ2v) is 4.40. The van der Waals surface area contributed by atoms with Crippen LogP contribution in [0.4, 0.5) is 10.5 Å².